The third kappa shape index (κ3) is 1.89. The van der Waals surface area contributed by atoms with Crippen molar-refractivity contribution in [2.24, 2.45) is 5.41 Å². The van der Waals surface area contributed by atoms with Crippen LogP contribution in [-0.4, -0.2) is 23.6 Å². The van der Waals surface area contributed by atoms with Crippen LogP contribution in [-0.2, 0) is 0 Å². The first-order chi connectivity index (χ1) is 6.07. The van der Waals surface area contributed by atoms with E-state index in [2.05, 4.69) is 31.2 Å². The van der Waals surface area contributed by atoms with Crippen LogP contribution in [0.15, 0.2) is 0 Å². The molecule has 0 saturated carbocycles. The number of hydrogen-bond donors (Lipinski definition) is 1. The van der Waals surface area contributed by atoms with E-state index in [0.29, 0.717) is 11.5 Å². The van der Waals surface area contributed by atoms with Crippen LogP contribution in [0.5, 0.6) is 0 Å². The summed E-state index contributed by atoms with van der Waals surface area (Å²) in [5.41, 5.74) is 4.08. The minimum Gasteiger partial charge on any atom is -0.251 e. The summed E-state index contributed by atoms with van der Waals surface area (Å²) in [6, 6.07) is 1.52. The maximum Gasteiger partial charge on any atom is 0.0279 e. The number of hydrazine groups is 1. The van der Waals surface area contributed by atoms with Gasteiger partial charge in [-0.1, -0.05) is 27.2 Å². The van der Waals surface area contributed by atoms with Gasteiger partial charge >= 0.3 is 0 Å². The average molecular weight is 182 g/mol. The van der Waals surface area contributed by atoms with E-state index in [1.165, 1.54) is 32.2 Å². The molecule has 1 N–H and O–H groups in total. The highest BCUT2D eigenvalue weighted by molar-refractivity contribution is 4.92. The van der Waals surface area contributed by atoms with Gasteiger partial charge < -0.3 is 0 Å². The topological polar surface area (TPSA) is 15.3 Å². The fraction of sp³-hybridized carbons (Fsp3) is 1.00. The molecule has 76 valence electrons. The van der Waals surface area contributed by atoms with E-state index in [1.807, 2.05) is 0 Å². The molecule has 2 heterocycles. The van der Waals surface area contributed by atoms with Gasteiger partial charge in [-0.25, -0.2) is 5.01 Å². The van der Waals surface area contributed by atoms with Crippen LogP contribution >= 0.6 is 0 Å². The van der Waals surface area contributed by atoms with Crippen LogP contribution in [0.4, 0.5) is 0 Å². The molecule has 2 rings (SSSR count). The van der Waals surface area contributed by atoms with Gasteiger partial charge in [0.05, 0.1) is 0 Å². The summed E-state index contributed by atoms with van der Waals surface area (Å²) in [7, 11) is 0. The maximum absolute atomic E-state index is 3.67. The number of nitrogens with one attached hydrogen (secondary N) is 1. The summed E-state index contributed by atoms with van der Waals surface area (Å²) >= 11 is 0. The summed E-state index contributed by atoms with van der Waals surface area (Å²) in [5, 5.41) is 2.49. The lowest BCUT2D eigenvalue weighted by atomic mass is 9.84. The van der Waals surface area contributed by atoms with E-state index >= 15 is 0 Å². The second-order valence-corrected chi connectivity index (χ2v) is 5.63. The molecule has 13 heavy (non-hydrogen) atoms. The Hall–Kier alpha value is -0.0800. The molecule has 2 atom stereocenters. The highest BCUT2D eigenvalue weighted by Crippen LogP contribution is 2.32. The van der Waals surface area contributed by atoms with E-state index in [0.717, 1.165) is 6.04 Å². The predicted octanol–water partition coefficient (Wildman–Crippen LogP) is 2.16. The Bertz CT molecular complexity index is 169. The fourth-order valence-electron chi connectivity index (χ4n) is 2.49. The average Bonchev–Trinajstić information content (AvgIpc) is 2.45. The molecule has 0 aliphatic carbocycles. The van der Waals surface area contributed by atoms with Crippen LogP contribution < -0.4 is 5.43 Å². The molecule has 0 aromatic heterocycles. The van der Waals surface area contributed by atoms with Crippen molar-refractivity contribution in [3.63, 3.8) is 0 Å². The molecule has 0 amide bonds. The summed E-state index contributed by atoms with van der Waals surface area (Å²) in [4.78, 5) is 0. The van der Waals surface area contributed by atoms with Gasteiger partial charge in [0.25, 0.3) is 0 Å². The van der Waals surface area contributed by atoms with Gasteiger partial charge in [-0.05, 0) is 24.7 Å². The lowest BCUT2D eigenvalue weighted by Crippen LogP contribution is -2.45. The molecule has 0 aromatic carbocycles. The molecule has 0 bridgehead atoms. The zero-order valence-corrected chi connectivity index (χ0v) is 9.14. The molecule has 2 aliphatic heterocycles. The number of piperidine rings is 1. The minimum atomic E-state index is 0.414. The van der Waals surface area contributed by atoms with Gasteiger partial charge in [-0.15, -0.1) is 0 Å². The van der Waals surface area contributed by atoms with Gasteiger partial charge in [0, 0.05) is 18.6 Å². The Kier molecular flexibility index (Phi) is 2.37. The fourth-order valence-corrected chi connectivity index (χ4v) is 2.49. The van der Waals surface area contributed by atoms with Crippen molar-refractivity contribution < 1.29 is 0 Å². The Balaban J connectivity index is 1.99. The van der Waals surface area contributed by atoms with Crippen LogP contribution in [0.3, 0.4) is 0 Å². The quantitative estimate of drug-likeness (QED) is 0.617. The van der Waals surface area contributed by atoms with Gasteiger partial charge in [0.15, 0.2) is 0 Å². The van der Waals surface area contributed by atoms with Crippen LogP contribution in [0.25, 0.3) is 0 Å². The van der Waals surface area contributed by atoms with Crippen molar-refractivity contribution in [3.05, 3.63) is 0 Å². The number of nitrogens with zero attached hydrogens (tertiary/aromatic N) is 1. The summed E-state index contributed by atoms with van der Waals surface area (Å²) in [6.45, 7) is 8.27. The normalized spacial score (nSPS) is 36.2. The number of rotatable bonds is 0. The third-order valence-electron chi connectivity index (χ3n) is 3.50. The second-order valence-electron chi connectivity index (χ2n) is 5.63. The van der Waals surface area contributed by atoms with Gasteiger partial charge in [0.1, 0.15) is 0 Å². The van der Waals surface area contributed by atoms with Crippen molar-refractivity contribution in [3.8, 4) is 0 Å². The molecule has 0 aromatic rings. The van der Waals surface area contributed by atoms with Crippen molar-refractivity contribution in [1.29, 1.82) is 0 Å². The second kappa shape index (κ2) is 3.25. The van der Waals surface area contributed by atoms with Gasteiger partial charge in [0.2, 0.25) is 0 Å². The molecule has 2 saturated heterocycles. The smallest absolute Gasteiger partial charge is 0.0279 e. The Morgan fingerprint density at radius 1 is 1.23 bits per heavy atom. The molecule has 2 aliphatic rings. The first-order valence-corrected chi connectivity index (χ1v) is 5.60. The molecule has 0 spiro atoms. The zero-order chi connectivity index (χ0) is 9.47. The SMILES string of the molecule is CC(C)(C)C1CC2CCCCN2N1. The van der Waals surface area contributed by atoms with Crippen molar-refractivity contribution in [2.75, 3.05) is 6.54 Å². The Morgan fingerprint density at radius 3 is 2.62 bits per heavy atom. The number of fused-ring (bicyclic) bond motifs is 1. The monoisotopic (exact) mass is 182 g/mol. The molecule has 2 nitrogen and oxygen atoms in total. The zero-order valence-electron chi connectivity index (χ0n) is 9.14. The van der Waals surface area contributed by atoms with E-state index < -0.39 is 0 Å². The first kappa shape index (κ1) is 9.47. The summed E-state index contributed by atoms with van der Waals surface area (Å²) in [6.07, 6.45) is 5.56. The van der Waals surface area contributed by atoms with E-state index in [9.17, 15) is 0 Å². The minimum absolute atomic E-state index is 0.414. The largest absolute Gasteiger partial charge is 0.251 e. The van der Waals surface area contributed by atoms with Crippen molar-refractivity contribution in [1.82, 2.24) is 10.4 Å². The van der Waals surface area contributed by atoms with E-state index in [4.69, 9.17) is 0 Å². The van der Waals surface area contributed by atoms with Gasteiger partial charge in [-0.3, -0.25) is 5.43 Å². The van der Waals surface area contributed by atoms with Crippen LogP contribution in [0, 0.1) is 5.41 Å². The summed E-state index contributed by atoms with van der Waals surface area (Å²) in [5.74, 6) is 0. The number of hydrogen-bond acceptors (Lipinski definition) is 2. The van der Waals surface area contributed by atoms with Crippen molar-refractivity contribution >= 4 is 0 Å². The Morgan fingerprint density at radius 2 is 2.00 bits per heavy atom. The molecule has 2 fully saturated rings. The van der Waals surface area contributed by atoms with E-state index in [-0.39, 0.29) is 0 Å². The first-order valence-electron chi connectivity index (χ1n) is 5.60. The molecular weight excluding hydrogens is 160 g/mol. The van der Waals surface area contributed by atoms with E-state index in [1.54, 1.807) is 0 Å². The molecule has 2 heteroatoms. The molecule has 2 unspecified atom stereocenters. The van der Waals surface area contributed by atoms with Gasteiger partial charge in [-0.2, -0.15) is 0 Å². The lowest BCUT2D eigenvalue weighted by Gasteiger charge is -2.30. The highest BCUT2D eigenvalue weighted by atomic mass is 15.6. The maximum atomic E-state index is 3.67. The highest BCUT2D eigenvalue weighted by Gasteiger charge is 2.38. The van der Waals surface area contributed by atoms with Crippen LogP contribution in [0.1, 0.15) is 46.5 Å². The molecule has 0 radical (unpaired) electrons. The molecular formula is C11H22N2. The Labute approximate surface area is 81.7 Å². The third-order valence-corrected chi connectivity index (χ3v) is 3.50. The standard InChI is InChI=1S/C11H22N2/c1-11(2,3)10-8-9-6-4-5-7-13(9)12-10/h9-10,12H,4-8H2,1-3H3. The van der Waals surface area contributed by atoms with Crippen molar-refractivity contribution in [2.45, 2.75) is 58.5 Å². The van der Waals surface area contributed by atoms with Crippen LogP contribution in [0.2, 0.25) is 0 Å². The summed E-state index contributed by atoms with van der Waals surface area (Å²) < 4.78 is 0. The predicted molar refractivity (Wildman–Crippen MR) is 55.3 cm³/mol. The lowest BCUT2D eigenvalue weighted by molar-refractivity contribution is 0.124.